The van der Waals surface area contributed by atoms with Gasteiger partial charge in [0, 0.05) is 17.2 Å². The number of nitrogens with zero attached hydrogens (tertiary/aromatic N) is 1. The topological polar surface area (TPSA) is 55.8 Å². The van der Waals surface area contributed by atoms with Gasteiger partial charge in [0.2, 0.25) is 6.29 Å². The Morgan fingerprint density at radius 2 is 1.82 bits per heavy atom. The average Bonchev–Trinajstić information content (AvgIpc) is 3.33. The average molecular weight is 373 g/mol. The third kappa shape index (κ3) is 2.09. The summed E-state index contributed by atoms with van der Waals surface area (Å²) in [6, 6.07) is 16.8. The van der Waals surface area contributed by atoms with Crippen LogP contribution in [0.15, 0.2) is 60.7 Å². The number of para-hydroxylation sites is 1. The molecule has 0 aromatic heterocycles. The van der Waals surface area contributed by atoms with Crippen molar-refractivity contribution in [2.75, 3.05) is 11.5 Å². The number of hydrogen-bond donors (Lipinski definition) is 0. The van der Waals surface area contributed by atoms with Crippen molar-refractivity contribution in [2.24, 2.45) is 11.8 Å². The zero-order chi connectivity index (χ0) is 18.8. The van der Waals surface area contributed by atoms with Gasteiger partial charge in [-0.05, 0) is 11.6 Å². The first-order valence-electron chi connectivity index (χ1n) is 9.70. The van der Waals surface area contributed by atoms with E-state index in [1.807, 2.05) is 54.6 Å². The lowest BCUT2D eigenvalue weighted by atomic mass is 9.77. The van der Waals surface area contributed by atoms with Gasteiger partial charge in [-0.3, -0.25) is 9.59 Å². The lowest BCUT2D eigenvalue weighted by Gasteiger charge is -2.35. The fraction of sp³-hybridized carbons (Fsp3) is 0.304. The van der Waals surface area contributed by atoms with Gasteiger partial charge < -0.3 is 14.4 Å². The van der Waals surface area contributed by atoms with Crippen molar-refractivity contribution in [1.82, 2.24) is 0 Å². The Morgan fingerprint density at radius 3 is 2.68 bits per heavy atom. The molecular weight excluding hydrogens is 354 g/mol. The summed E-state index contributed by atoms with van der Waals surface area (Å²) in [7, 11) is 0. The first-order valence-corrected chi connectivity index (χ1v) is 9.70. The van der Waals surface area contributed by atoms with Gasteiger partial charge in [-0.1, -0.05) is 60.7 Å². The largest absolute Gasteiger partial charge is 0.353 e. The van der Waals surface area contributed by atoms with E-state index in [1.165, 1.54) is 0 Å². The molecule has 2 aromatic rings. The summed E-state index contributed by atoms with van der Waals surface area (Å²) in [5.41, 5.74) is 2.73. The standard InChI is InChI=1S/C23H19NO4/c25-21(14-7-2-1-3-8-14)20-19-17-12-27-23(28-17)22(26)18(19)16-11-10-13-6-4-5-9-15(13)24(16)20/h1-11,16-20,23H,12H2/t16-,17?,18+,19+,20+,23?/m1/s1. The Morgan fingerprint density at radius 1 is 1.04 bits per heavy atom. The van der Waals surface area contributed by atoms with Crippen LogP contribution < -0.4 is 4.90 Å². The lowest BCUT2D eigenvalue weighted by molar-refractivity contribution is -0.163. The number of carbonyl (C=O) groups is 2. The lowest BCUT2D eigenvalue weighted by Crippen LogP contribution is -2.48. The van der Waals surface area contributed by atoms with Gasteiger partial charge in [0.1, 0.15) is 0 Å². The summed E-state index contributed by atoms with van der Waals surface area (Å²) in [4.78, 5) is 28.9. The van der Waals surface area contributed by atoms with Gasteiger partial charge in [-0.2, -0.15) is 0 Å². The third-order valence-electron chi connectivity index (χ3n) is 6.48. The molecule has 4 heterocycles. The Kier molecular flexibility index (Phi) is 3.40. The van der Waals surface area contributed by atoms with Crippen LogP contribution in [0.3, 0.4) is 0 Å². The maximum Gasteiger partial charge on any atom is 0.218 e. The van der Waals surface area contributed by atoms with E-state index in [0.29, 0.717) is 12.2 Å². The second kappa shape index (κ2) is 5.87. The third-order valence-corrected chi connectivity index (χ3v) is 6.48. The zero-order valence-corrected chi connectivity index (χ0v) is 15.1. The molecule has 0 saturated carbocycles. The molecule has 0 N–H and O–H groups in total. The highest BCUT2D eigenvalue weighted by atomic mass is 16.7. The van der Waals surface area contributed by atoms with Gasteiger partial charge >= 0.3 is 0 Å². The molecule has 6 rings (SSSR count). The van der Waals surface area contributed by atoms with E-state index in [2.05, 4.69) is 17.1 Å². The van der Waals surface area contributed by atoms with Gasteiger partial charge in [-0.25, -0.2) is 0 Å². The monoisotopic (exact) mass is 373 g/mol. The summed E-state index contributed by atoms with van der Waals surface area (Å²) in [5, 5.41) is 0. The number of rotatable bonds is 2. The molecule has 2 bridgehead atoms. The number of carbonyl (C=O) groups excluding carboxylic acids is 2. The van der Waals surface area contributed by atoms with Gasteiger partial charge in [-0.15, -0.1) is 0 Å². The summed E-state index contributed by atoms with van der Waals surface area (Å²) in [5.74, 6) is -0.528. The number of ether oxygens (including phenoxy) is 2. The molecule has 0 spiro atoms. The molecule has 140 valence electrons. The van der Waals surface area contributed by atoms with Gasteiger partial charge in [0.05, 0.1) is 30.7 Å². The molecule has 3 fully saturated rings. The van der Waals surface area contributed by atoms with Crippen LogP contribution in [0.25, 0.3) is 6.08 Å². The Labute approximate surface area is 162 Å². The Hall–Kier alpha value is -2.76. The van der Waals surface area contributed by atoms with Crippen molar-refractivity contribution in [3.8, 4) is 0 Å². The molecule has 28 heavy (non-hydrogen) atoms. The predicted octanol–water partition coefficient (Wildman–Crippen LogP) is 2.71. The quantitative estimate of drug-likeness (QED) is 0.758. The number of Topliss-reactive ketones (excluding diaryl/α,β-unsaturated/α-hetero) is 2. The summed E-state index contributed by atoms with van der Waals surface area (Å²) >= 11 is 0. The molecule has 0 radical (unpaired) electrons. The molecule has 5 nitrogen and oxygen atoms in total. The van der Waals surface area contributed by atoms with Crippen molar-refractivity contribution in [3.05, 3.63) is 71.8 Å². The van der Waals surface area contributed by atoms with Crippen LogP contribution in [-0.4, -0.2) is 42.7 Å². The van der Waals surface area contributed by atoms with Crippen LogP contribution in [0.4, 0.5) is 5.69 Å². The smallest absolute Gasteiger partial charge is 0.218 e. The van der Waals surface area contributed by atoms with Crippen molar-refractivity contribution < 1.29 is 19.1 Å². The summed E-state index contributed by atoms with van der Waals surface area (Å²) < 4.78 is 11.4. The fourth-order valence-electron chi connectivity index (χ4n) is 5.35. The van der Waals surface area contributed by atoms with E-state index in [4.69, 9.17) is 9.47 Å². The first kappa shape index (κ1) is 16.2. The molecular formula is C23H19NO4. The molecule has 5 heteroatoms. The van der Waals surface area contributed by atoms with Crippen molar-refractivity contribution in [2.45, 2.75) is 24.5 Å². The highest BCUT2D eigenvalue weighted by Gasteiger charge is 2.63. The van der Waals surface area contributed by atoms with Crippen molar-refractivity contribution >= 4 is 23.3 Å². The van der Waals surface area contributed by atoms with Gasteiger partial charge in [0.25, 0.3) is 0 Å². The second-order valence-corrected chi connectivity index (χ2v) is 7.84. The maximum atomic E-state index is 13.7. The van der Waals surface area contributed by atoms with Crippen LogP contribution >= 0.6 is 0 Å². The molecule has 4 aliphatic heterocycles. The van der Waals surface area contributed by atoms with Gasteiger partial charge in [0.15, 0.2) is 11.6 Å². The van der Waals surface area contributed by atoms with Crippen LogP contribution in [0.5, 0.6) is 0 Å². The Bertz CT molecular complexity index is 1000. The Balaban J connectivity index is 1.53. The van der Waals surface area contributed by atoms with E-state index < -0.39 is 12.3 Å². The highest BCUT2D eigenvalue weighted by molar-refractivity contribution is 6.05. The molecule has 4 aliphatic rings. The minimum atomic E-state index is -0.788. The maximum absolute atomic E-state index is 13.7. The predicted molar refractivity (Wildman–Crippen MR) is 103 cm³/mol. The van der Waals surface area contributed by atoms with Crippen LogP contribution in [0.2, 0.25) is 0 Å². The highest BCUT2D eigenvalue weighted by Crippen LogP contribution is 2.50. The van der Waals surface area contributed by atoms with Crippen molar-refractivity contribution in [1.29, 1.82) is 0 Å². The number of hydrogen-bond acceptors (Lipinski definition) is 5. The minimum absolute atomic E-state index is 0.0324. The SMILES string of the molecule is O=C1C2OCC(O2)[C@H]2[C@@H]1[C@H]1C=Cc3ccccc3N1[C@@H]2C(=O)c1ccccc1. The van der Waals surface area contributed by atoms with E-state index in [9.17, 15) is 9.59 Å². The first-order chi connectivity index (χ1) is 13.7. The number of ketones is 2. The van der Waals surface area contributed by atoms with E-state index in [0.717, 1.165) is 11.3 Å². The number of benzene rings is 2. The van der Waals surface area contributed by atoms with Crippen molar-refractivity contribution in [3.63, 3.8) is 0 Å². The molecule has 3 saturated heterocycles. The second-order valence-electron chi connectivity index (χ2n) is 7.84. The molecule has 2 unspecified atom stereocenters. The van der Waals surface area contributed by atoms with Crippen LogP contribution in [0.1, 0.15) is 15.9 Å². The van der Waals surface area contributed by atoms with Crippen LogP contribution in [-0.2, 0) is 14.3 Å². The van der Waals surface area contributed by atoms with Crippen LogP contribution in [0, 0.1) is 11.8 Å². The number of anilines is 1. The normalized spacial score (nSPS) is 34.7. The van der Waals surface area contributed by atoms with E-state index in [1.54, 1.807) is 0 Å². The zero-order valence-electron chi connectivity index (χ0n) is 15.1. The molecule has 6 atom stereocenters. The summed E-state index contributed by atoms with van der Waals surface area (Å²) in [6.45, 7) is 0.363. The molecule has 0 aliphatic carbocycles. The van der Waals surface area contributed by atoms with E-state index >= 15 is 0 Å². The fourth-order valence-corrected chi connectivity index (χ4v) is 5.35. The molecule has 2 aromatic carbocycles. The number of fused-ring (bicyclic) bond motifs is 8. The minimum Gasteiger partial charge on any atom is -0.353 e. The summed E-state index contributed by atoms with van der Waals surface area (Å²) in [6.07, 6.45) is 3.11. The van der Waals surface area contributed by atoms with E-state index in [-0.39, 0.29) is 35.5 Å². The molecule has 0 amide bonds.